The molecule has 4 nitrogen and oxygen atoms in total. The minimum absolute atomic E-state index is 0.551. The van der Waals surface area contributed by atoms with E-state index >= 15 is 0 Å². The Hall–Kier alpha value is -10.6. The van der Waals surface area contributed by atoms with E-state index < -0.39 is 10.8 Å². The fourth-order valence-electron chi connectivity index (χ4n) is 16.5. The summed E-state index contributed by atoms with van der Waals surface area (Å²) in [5.41, 5.74) is 28.5. The number of para-hydroxylation sites is 6. The van der Waals surface area contributed by atoms with Crippen molar-refractivity contribution in [2.24, 2.45) is 0 Å². The van der Waals surface area contributed by atoms with Crippen molar-refractivity contribution in [3.05, 3.63) is 324 Å². The molecule has 18 rings (SSSR count). The molecule has 4 aliphatic rings. The zero-order valence-electron chi connectivity index (χ0n) is 47.3. The van der Waals surface area contributed by atoms with Gasteiger partial charge in [-0.2, -0.15) is 0 Å². The smallest absolute Gasteiger partial charge is 0.145 e. The number of fused-ring (bicyclic) bond motifs is 21. The van der Waals surface area contributed by atoms with Crippen LogP contribution in [0.1, 0.15) is 58.4 Å². The monoisotopic (exact) mass is 1080 g/mol. The summed E-state index contributed by atoms with van der Waals surface area (Å²) in [7, 11) is 0. The van der Waals surface area contributed by atoms with Gasteiger partial charge in [-0.15, -0.1) is 0 Å². The topological polar surface area (TPSA) is 24.3 Å². The normalized spacial score (nSPS) is 14.2. The minimum atomic E-state index is -0.551. The number of hydrogen-bond acceptors (Lipinski definition) is 3. The van der Waals surface area contributed by atoms with E-state index in [0.29, 0.717) is 0 Å². The standard InChI is InChI=1S/C81H56N4/c1-3-83-73-47-19-16-42-68(73)80(64-38-12-8-28-54(64)55-29-9-13-39-65(55)80)70-44-24-36-58(77(70)83)52-32-22-34-60-62(52)50-63-53(33-23-35-61(63)76(60)85-75-49-21-18-46-72(75)82-79(85)51-26-6-5-7-27-51)59-37-25-45-71-78(59)84(4-2)74-48-20-17-43-69(74)81(71)66-40-14-10-30-56(66)57-31-11-15-41-67(57)81/h5-50H,3-4H2,1-2H3. The summed E-state index contributed by atoms with van der Waals surface area (Å²) in [6.07, 6.45) is 0. The summed E-state index contributed by atoms with van der Waals surface area (Å²) in [6.45, 7) is 6.20. The minimum Gasteiger partial charge on any atom is -0.341 e. The van der Waals surface area contributed by atoms with Gasteiger partial charge in [0.25, 0.3) is 0 Å². The lowest BCUT2D eigenvalue weighted by Gasteiger charge is -2.45. The lowest BCUT2D eigenvalue weighted by molar-refractivity contribution is 0.740. The Kier molecular flexibility index (Phi) is 10.2. The van der Waals surface area contributed by atoms with Crippen LogP contribution in [0.4, 0.5) is 22.7 Å². The second-order valence-corrected chi connectivity index (χ2v) is 23.3. The van der Waals surface area contributed by atoms with E-state index in [9.17, 15) is 0 Å². The largest absolute Gasteiger partial charge is 0.341 e. The van der Waals surface area contributed by atoms with Gasteiger partial charge in [0.1, 0.15) is 5.82 Å². The van der Waals surface area contributed by atoms with E-state index in [2.05, 4.69) is 307 Å². The van der Waals surface area contributed by atoms with Gasteiger partial charge in [0.05, 0.1) is 38.9 Å². The highest BCUT2D eigenvalue weighted by Crippen LogP contribution is 2.66. The van der Waals surface area contributed by atoms with E-state index in [1.54, 1.807) is 0 Å². The van der Waals surface area contributed by atoms with Crippen LogP contribution in [0, 0.1) is 0 Å². The fourth-order valence-corrected chi connectivity index (χ4v) is 16.5. The Morgan fingerprint density at radius 3 is 1.13 bits per heavy atom. The van der Waals surface area contributed by atoms with E-state index in [4.69, 9.17) is 4.98 Å². The molecule has 0 fully saturated rings. The van der Waals surface area contributed by atoms with E-state index in [1.807, 2.05) is 0 Å². The highest BCUT2D eigenvalue weighted by Gasteiger charge is 2.53. The molecular weight excluding hydrogens is 1030 g/mol. The number of nitrogens with zero attached hydrogens (tertiary/aromatic N) is 4. The van der Waals surface area contributed by atoms with Gasteiger partial charge >= 0.3 is 0 Å². The average Bonchev–Trinajstić information content (AvgIpc) is 1.74. The van der Waals surface area contributed by atoms with Gasteiger partial charge in [0.2, 0.25) is 0 Å². The number of rotatable bonds is 6. The first-order valence-electron chi connectivity index (χ1n) is 30.1. The number of benzene rings is 13. The Labute approximate surface area is 494 Å². The van der Waals surface area contributed by atoms with Crippen LogP contribution < -0.4 is 9.80 Å². The lowest BCUT2D eigenvalue weighted by atomic mass is 9.64. The van der Waals surface area contributed by atoms with Gasteiger partial charge < -0.3 is 9.80 Å². The zero-order chi connectivity index (χ0) is 56.1. The molecule has 0 radical (unpaired) electrons. The van der Waals surface area contributed by atoms with Crippen molar-refractivity contribution in [3.63, 3.8) is 0 Å². The maximum Gasteiger partial charge on any atom is 0.145 e. The van der Waals surface area contributed by atoms with Gasteiger partial charge in [0, 0.05) is 51.9 Å². The highest BCUT2D eigenvalue weighted by molar-refractivity contribution is 6.18. The average molecular weight is 1090 g/mol. The molecule has 4 heteroatoms. The molecule has 1 aromatic heterocycles. The van der Waals surface area contributed by atoms with Crippen LogP contribution in [-0.4, -0.2) is 22.6 Å². The first-order valence-corrected chi connectivity index (χ1v) is 30.1. The van der Waals surface area contributed by atoms with Gasteiger partial charge in [-0.3, -0.25) is 4.57 Å². The lowest BCUT2D eigenvalue weighted by Crippen LogP contribution is -2.38. The highest BCUT2D eigenvalue weighted by atomic mass is 15.2. The van der Waals surface area contributed by atoms with Crippen LogP contribution in [0.25, 0.3) is 94.2 Å². The van der Waals surface area contributed by atoms with Crippen LogP contribution in [0.3, 0.4) is 0 Å². The fraction of sp³-hybridized carbons (Fsp3) is 0.0741. The molecule has 0 amide bonds. The third-order valence-electron chi connectivity index (χ3n) is 19.6. The quantitative estimate of drug-likeness (QED) is 0.155. The van der Waals surface area contributed by atoms with Gasteiger partial charge in [0.15, 0.2) is 0 Å². The SMILES string of the molecule is CCN1c2ccccc2C2(c3ccccc3-c3ccccc32)c2cccc(-c3cccc4c(-n5c(-c6ccccc6)nc6ccccc65)c5cccc(-c6cccc7c6N(CC)c6ccccc6C76c7ccccc7-c7ccccc76)c5cc34)c21. The Bertz CT molecular complexity index is 4790. The molecule has 0 saturated heterocycles. The summed E-state index contributed by atoms with van der Waals surface area (Å²) in [5, 5.41) is 4.67. The van der Waals surface area contributed by atoms with Gasteiger partial charge in [-0.25, -0.2) is 4.98 Å². The first-order chi connectivity index (χ1) is 42.1. The van der Waals surface area contributed by atoms with E-state index in [1.165, 1.54) is 123 Å². The van der Waals surface area contributed by atoms with Crippen molar-refractivity contribution in [3.8, 4) is 61.6 Å². The predicted molar refractivity (Wildman–Crippen MR) is 352 cm³/mol. The van der Waals surface area contributed by atoms with E-state index in [-0.39, 0.29) is 0 Å². The van der Waals surface area contributed by atoms with Crippen LogP contribution in [-0.2, 0) is 10.8 Å². The van der Waals surface area contributed by atoms with Crippen molar-refractivity contribution in [2.45, 2.75) is 24.7 Å². The van der Waals surface area contributed by atoms with Crippen molar-refractivity contribution < 1.29 is 0 Å². The Morgan fingerprint density at radius 1 is 0.294 bits per heavy atom. The molecular formula is C81H56N4. The van der Waals surface area contributed by atoms with Gasteiger partial charge in [-0.05, 0) is 133 Å². The van der Waals surface area contributed by atoms with E-state index in [0.717, 1.165) is 52.0 Å². The van der Waals surface area contributed by atoms with Crippen molar-refractivity contribution in [1.82, 2.24) is 9.55 Å². The molecule has 13 aromatic carbocycles. The van der Waals surface area contributed by atoms with Crippen LogP contribution >= 0.6 is 0 Å². The molecule has 85 heavy (non-hydrogen) atoms. The summed E-state index contributed by atoms with van der Waals surface area (Å²) >= 11 is 0. The summed E-state index contributed by atoms with van der Waals surface area (Å²) in [5.74, 6) is 0.907. The maximum absolute atomic E-state index is 5.54. The maximum atomic E-state index is 5.54. The third-order valence-corrected chi connectivity index (χ3v) is 19.6. The zero-order valence-corrected chi connectivity index (χ0v) is 47.3. The number of anilines is 4. The molecule has 0 saturated carbocycles. The second-order valence-electron chi connectivity index (χ2n) is 23.3. The summed E-state index contributed by atoms with van der Waals surface area (Å²) < 4.78 is 2.47. The molecule has 2 spiro atoms. The molecule has 2 aliphatic heterocycles. The van der Waals surface area contributed by atoms with Crippen LogP contribution in [0.2, 0.25) is 0 Å². The molecule has 0 N–H and O–H groups in total. The molecule has 2 aliphatic carbocycles. The molecule has 0 unspecified atom stereocenters. The molecule has 14 aromatic rings. The molecule has 3 heterocycles. The summed E-state index contributed by atoms with van der Waals surface area (Å²) in [6, 6.07) is 105. The number of imidazole rings is 1. The number of aromatic nitrogens is 2. The van der Waals surface area contributed by atoms with Crippen LogP contribution in [0.5, 0.6) is 0 Å². The first kappa shape index (κ1) is 48.0. The van der Waals surface area contributed by atoms with Crippen molar-refractivity contribution >= 4 is 55.3 Å². The molecule has 0 atom stereocenters. The van der Waals surface area contributed by atoms with Crippen molar-refractivity contribution in [1.29, 1.82) is 0 Å². The van der Waals surface area contributed by atoms with Gasteiger partial charge in [-0.1, -0.05) is 249 Å². The summed E-state index contributed by atoms with van der Waals surface area (Å²) in [4.78, 5) is 10.7. The van der Waals surface area contributed by atoms with Crippen LogP contribution in [0.15, 0.2) is 279 Å². The predicted octanol–water partition coefficient (Wildman–Crippen LogP) is 20.0. The number of hydrogen-bond donors (Lipinski definition) is 0. The third kappa shape index (κ3) is 6.17. The second kappa shape index (κ2) is 18.0. The molecule has 0 bridgehead atoms. The Balaban J connectivity index is 0.979. The Morgan fingerprint density at radius 2 is 0.659 bits per heavy atom. The van der Waals surface area contributed by atoms with Crippen molar-refractivity contribution in [2.75, 3.05) is 22.9 Å². The molecule has 400 valence electrons.